The lowest BCUT2D eigenvalue weighted by molar-refractivity contribution is 0.102. The van der Waals surface area contributed by atoms with Crippen molar-refractivity contribution in [1.29, 1.82) is 0 Å². The maximum atomic E-state index is 12.6. The molecule has 0 unspecified atom stereocenters. The molecule has 0 bridgehead atoms. The molecular formula is C20H19N5O3S. The van der Waals surface area contributed by atoms with Crippen molar-refractivity contribution >= 4 is 27.9 Å². The number of aryl methyl sites for hydroxylation is 1. The Bertz CT molecular complexity index is 1170. The molecule has 9 heteroatoms. The number of benzene rings is 2. The van der Waals surface area contributed by atoms with Gasteiger partial charge in [-0.25, -0.2) is 0 Å². The lowest BCUT2D eigenvalue weighted by Gasteiger charge is -2.10. The van der Waals surface area contributed by atoms with Gasteiger partial charge in [0.05, 0.1) is 14.2 Å². The number of nitrogens with one attached hydrogen (secondary N) is 1. The molecule has 0 radical (unpaired) electrons. The van der Waals surface area contributed by atoms with Crippen LogP contribution in [0.5, 0.6) is 11.5 Å². The Morgan fingerprint density at radius 1 is 1.07 bits per heavy atom. The molecule has 29 heavy (non-hydrogen) atoms. The third-order valence-corrected chi connectivity index (χ3v) is 5.35. The van der Waals surface area contributed by atoms with Crippen LogP contribution >= 0.6 is 11.3 Å². The van der Waals surface area contributed by atoms with E-state index in [1.165, 1.54) is 18.4 Å². The van der Waals surface area contributed by atoms with Crippen LogP contribution in [0.2, 0.25) is 0 Å². The SMILES string of the molecule is CCc1nnc2sc(-c3ccc(NC(=O)c4ccc(OC)c(OC)c4)cc3)nn12. The number of methoxy groups -OCH3 is 2. The summed E-state index contributed by atoms with van der Waals surface area (Å²) in [6.07, 6.45) is 0.769. The van der Waals surface area contributed by atoms with E-state index in [0.717, 1.165) is 27.8 Å². The molecule has 0 aliphatic heterocycles. The fraction of sp³-hybridized carbons (Fsp3) is 0.200. The molecule has 148 valence electrons. The molecule has 0 fully saturated rings. The van der Waals surface area contributed by atoms with Gasteiger partial charge in [-0.15, -0.1) is 10.2 Å². The molecule has 0 atom stereocenters. The summed E-state index contributed by atoms with van der Waals surface area (Å²) in [5.74, 6) is 1.68. The second-order valence-corrected chi connectivity index (χ2v) is 7.13. The fourth-order valence-corrected chi connectivity index (χ4v) is 3.74. The van der Waals surface area contributed by atoms with Crippen molar-refractivity contribution in [2.45, 2.75) is 13.3 Å². The van der Waals surface area contributed by atoms with Gasteiger partial charge in [-0.2, -0.15) is 9.61 Å². The van der Waals surface area contributed by atoms with Crippen LogP contribution in [-0.2, 0) is 6.42 Å². The summed E-state index contributed by atoms with van der Waals surface area (Å²) in [6.45, 7) is 2.02. The van der Waals surface area contributed by atoms with E-state index in [2.05, 4.69) is 20.6 Å². The minimum Gasteiger partial charge on any atom is -0.493 e. The third-order valence-electron chi connectivity index (χ3n) is 4.41. The Hall–Kier alpha value is -3.46. The van der Waals surface area contributed by atoms with Gasteiger partial charge in [0.1, 0.15) is 5.01 Å². The monoisotopic (exact) mass is 409 g/mol. The van der Waals surface area contributed by atoms with Crippen LogP contribution in [-0.4, -0.2) is 39.9 Å². The molecule has 0 saturated heterocycles. The number of carbonyl (C=O) groups excluding carboxylic acids is 1. The maximum Gasteiger partial charge on any atom is 0.255 e. The Labute approximate surface area is 171 Å². The highest BCUT2D eigenvalue weighted by atomic mass is 32.1. The van der Waals surface area contributed by atoms with E-state index in [-0.39, 0.29) is 5.91 Å². The van der Waals surface area contributed by atoms with Crippen LogP contribution in [0.1, 0.15) is 23.1 Å². The summed E-state index contributed by atoms with van der Waals surface area (Å²) in [5.41, 5.74) is 2.12. The predicted octanol–water partition coefficient (Wildman–Crippen LogP) is 3.68. The molecule has 1 N–H and O–H groups in total. The molecule has 4 aromatic rings. The Kier molecular flexibility index (Phi) is 5.13. The third kappa shape index (κ3) is 3.64. The zero-order valence-corrected chi connectivity index (χ0v) is 17.0. The molecule has 2 heterocycles. The van der Waals surface area contributed by atoms with Crippen molar-refractivity contribution in [3.8, 4) is 22.1 Å². The van der Waals surface area contributed by atoms with Gasteiger partial charge in [0.25, 0.3) is 5.91 Å². The summed E-state index contributed by atoms with van der Waals surface area (Å²) in [5, 5.41) is 16.6. The zero-order chi connectivity index (χ0) is 20.4. The Balaban J connectivity index is 1.51. The van der Waals surface area contributed by atoms with Gasteiger partial charge in [-0.3, -0.25) is 4.79 Å². The molecule has 0 aliphatic rings. The average Bonchev–Trinajstić information content (AvgIpc) is 3.34. The number of rotatable bonds is 6. The largest absolute Gasteiger partial charge is 0.493 e. The number of carbonyl (C=O) groups is 1. The van der Waals surface area contributed by atoms with E-state index >= 15 is 0 Å². The first kappa shape index (κ1) is 18.9. The van der Waals surface area contributed by atoms with Gasteiger partial charge >= 0.3 is 0 Å². The average molecular weight is 409 g/mol. The molecule has 0 aliphatic carbocycles. The van der Waals surface area contributed by atoms with Crippen LogP contribution < -0.4 is 14.8 Å². The molecule has 4 rings (SSSR count). The van der Waals surface area contributed by atoms with E-state index in [9.17, 15) is 4.79 Å². The number of hydrogen-bond donors (Lipinski definition) is 1. The quantitative estimate of drug-likeness (QED) is 0.522. The molecule has 8 nitrogen and oxygen atoms in total. The highest BCUT2D eigenvalue weighted by molar-refractivity contribution is 7.19. The highest BCUT2D eigenvalue weighted by Gasteiger charge is 2.13. The van der Waals surface area contributed by atoms with Gasteiger partial charge in [0.15, 0.2) is 17.3 Å². The first-order valence-electron chi connectivity index (χ1n) is 8.98. The molecule has 2 aromatic heterocycles. The number of anilines is 1. The standard InChI is InChI=1S/C20H19N5O3S/c1-4-17-22-23-20-25(17)24-19(29-20)12-5-8-14(9-6-12)21-18(26)13-7-10-15(27-2)16(11-13)28-3/h5-11H,4H2,1-3H3,(H,21,26). The van der Waals surface area contributed by atoms with Crippen molar-refractivity contribution in [2.24, 2.45) is 0 Å². The minimum atomic E-state index is -0.231. The van der Waals surface area contributed by atoms with E-state index in [1.54, 1.807) is 29.8 Å². The Morgan fingerprint density at radius 2 is 1.83 bits per heavy atom. The molecular weight excluding hydrogens is 390 g/mol. The van der Waals surface area contributed by atoms with Gasteiger partial charge in [-0.1, -0.05) is 18.3 Å². The van der Waals surface area contributed by atoms with Gasteiger partial charge < -0.3 is 14.8 Å². The lowest BCUT2D eigenvalue weighted by atomic mass is 10.1. The summed E-state index contributed by atoms with van der Waals surface area (Å²) in [7, 11) is 3.09. The van der Waals surface area contributed by atoms with Gasteiger partial charge in [-0.05, 0) is 42.5 Å². The van der Waals surface area contributed by atoms with Gasteiger partial charge in [0.2, 0.25) is 4.96 Å². The summed E-state index contributed by atoms with van der Waals surface area (Å²) >= 11 is 1.48. The maximum absolute atomic E-state index is 12.6. The van der Waals surface area contributed by atoms with Crippen LogP contribution in [0.3, 0.4) is 0 Å². The van der Waals surface area contributed by atoms with E-state index < -0.39 is 0 Å². The predicted molar refractivity (Wildman–Crippen MR) is 111 cm³/mol. The first-order chi connectivity index (χ1) is 14.1. The number of aromatic nitrogens is 4. The molecule has 0 spiro atoms. The normalized spacial score (nSPS) is 10.9. The van der Waals surface area contributed by atoms with Crippen LogP contribution in [0.4, 0.5) is 5.69 Å². The summed E-state index contributed by atoms with van der Waals surface area (Å²) in [6, 6.07) is 12.6. The highest BCUT2D eigenvalue weighted by Crippen LogP contribution is 2.29. The van der Waals surface area contributed by atoms with Crippen molar-refractivity contribution in [3.05, 3.63) is 53.9 Å². The summed E-state index contributed by atoms with van der Waals surface area (Å²) < 4.78 is 12.2. The minimum absolute atomic E-state index is 0.231. The van der Waals surface area contributed by atoms with Crippen molar-refractivity contribution in [1.82, 2.24) is 19.8 Å². The second-order valence-electron chi connectivity index (χ2n) is 6.17. The first-order valence-corrected chi connectivity index (χ1v) is 9.79. The zero-order valence-electron chi connectivity index (χ0n) is 16.2. The second kappa shape index (κ2) is 7.88. The Morgan fingerprint density at radius 3 is 2.52 bits per heavy atom. The number of nitrogens with zero attached hydrogens (tertiary/aromatic N) is 4. The smallest absolute Gasteiger partial charge is 0.255 e. The van der Waals surface area contributed by atoms with E-state index in [0.29, 0.717) is 22.7 Å². The van der Waals surface area contributed by atoms with Gasteiger partial charge in [0, 0.05) is 23.2 Å². The van der Waals surface area contributed by atoms with Crippen LogP contribution in [0, 0.1) is 0 Å². The fourth-order valence-electron chi connectivity index (χ4n) is 2.87. The van der Waals surface area contributed by atoms with E-state index in [1.807, 2.05) is 31.2 Å². The topological polar surface area (TPSA) is 90.6 Å². The van der Waals surface area contributed by atoms with Crippen molar-refractivity contribution in [3.63, 3.8) is 0 Å². The van der Waals surface area contributed by atoms with Crippen LogP contribution in [0.25, 0.3) is 15.5 Å². The number of ether oxygens (including phenoxy) is 2. The summed E-state index contributed by atoms with van der Waals surface area (Å²) in [4.78, 5) is 13.3. The number of hydrogen-bond acceptors (Lipinski definition) is 7. The van der Waals surface area contributed by atoms with Crippen molar-refractivity contribution < 1.29 is 14.3 Å². The molecule has 1 amide bonds. The molecule has 0 saturated carbocycles. The van der Waals surface area contributed by atoms with E-state index in [4.69, 9.17) is 9.47 Å². The van der Waals surface area contributed by atoms with Crippen LogP contribution in [0.15, 0.2) is 42.5 Å². The number of amides is 1. The molecule has 2 aromatic carbocycles. The lowest BCUT2D eigenvalue weighted by Crippen LogP contribution is -2.12. The van der Waals surface area contributed by atoms with Crippen molar-refractivity contribution in [2.75, 3.05) is 19.5 Å². The number of fused-ring (bicyclic) bond motifs is 1.